The highest BCUT2D eigenvalue weighted by Crippen LogP contribution is 2.23. The van der Waals surface area contributed by atoms with Crippen LogP contribution in [0.15, 0.2) is 52.5 Å². The highest BCUT2D eigenvalue weighted by molar-refractivity contribution is 7.13. The summed E-state index contributed by atoms with van der Waals surface area (Å²) in [5.74, 6) is 0.600. The molecule has 0 unspecified atom stereocenters. The lowest BCUT2D eigenvalue weighted by atomic mass is 10.2. The van der Waals surface area contributed by atoms with Crippen LogP contribution in [0, 0.1) is 6.92 Å². The molecule has 0 bridgehead atoms. The summed E-state index contributed by atoms with van der Waals surface area (Å²) in [5, 5.41) is 4.95. The number of rotatable bonds is 4. The third-order valence-electron chi connectivity index (χ3n) is 4.89. The predicted molar refractivity (Wildman–Crippen MR) is 112 cm³/mol. The van der Waals surface area contributed by atoms with Gasteiger partial charge in [0.2, 0.25) is 5.89 Å². The number of benzene rings is 1. The van der Waals surface area contributed by atoms with E-state index in [0.717, 1.165) is 36.6 Å². The van der Waals surface area contributed by atoms with E-state index >= 15 is 0 Å². The maximum atomic E-state index is 12.6. The predicted octanol–water partition coefficient (Wildman–Crippen LogP) is 4.13. The summed E-state index contributed by atoms with van der Waals surface area (Å²) < 4.78 is 5.51. The van der Waals surface area contributed by atoms with Gasteiger partial charge < -0.3 is 19.5 Å². The minimum absolute atomic E-state index is 0.0496. The van der Waals surface area contributed by atoms with E-state index in [1.54, 1.807) is 17.6 Å². The SMILES string of the molecule is Cc1ccc(N2CCCN(C(=O)NCc3coc(-c4cccs4)n3)CC2)cc1. The molecule has 1 aliphatic heterocycles. The van der Waals surface area contributed by atoms with Gasteiger partial charge in [-0.15, -0.1) is 11.3 Å². The van der Waals surface area contributed by atoms with Gasteiger partial charge in [0.25, 0.3) is 0 Å². The minimum Gasteiger partial charge on any atom is -0.443 e. The van der Waals surface area contributed by atoms with Crippen molar-refractivity contribution in [3.63, 3.8) is 0 Å². The molecule has 146 valence electrons. The number of oxazole rings is 1. The van der Waals surface area contributed by atoms with E-state index in [1.165, 1.54) is 11.3 Å². The number of nitrogens with zero attached hydrogens (tertiary/aromatic N) is 3. The zero-order chi connectivity index (χ0) is 19.3. The quantitative estimate of drug-likeness (QED) is 0.720. The van der Waals surface area contributed by atoms with Gasteiger partial charge in [-0.3, -0.25) is 0 Å². The van der Waals surface area contributed by atoms with Gasteiger partial charge in [-0.2, -0.15) is 0 Å². The Bertz CT molecular complexity index is 905. The molecule has 0 aliphatic carbocycles. The molecule has 28 heavy (non-hydrogen) atoms. The van der Waals surface area contributed by atoms with Gasteiger partial charge in [-0.25, -0.2) is 9.78 Å². The third-order valence-corrected chi connectivity index (χ3v) is 5.74. The maximum Gasteiger partial charge on any atom is 0.317 e. The standard InChI is InChI=1S/C21H24N4O2S/c1-16-5-7-18(8-6-16)24-9-3-10-25(12-11-24)21(26)22-14-17-15-27-20(23-17)19-4-2-13-28-19/h2,4-8,13,15H,3,9-12,14H2,1H3,(H,22,26). The highest BCUT2D eigenvalue weighted by Gasteiger charge is 2.19. The molecule has 3 aromatic rings. The van der Waals surface area contributed by atoms with Gasteiger partial charge in [0.05, 0.1) is 17.1 Å². The summed E-state index contributed by atoms with van der Waals surface area (Å²) in [6.45, 7) is 5.72. The van der Waals surface area contributed by atoms with Crippen molar-refractivity contribution in [1.29, 1.82) is 0 Å². The Morgan fingerprint density at radius 1 is 1.18 bits per heavy atom. The van der Waals surface area contributed by atoms with Crippen molar-refractivity contribution < 1.29 is 9.21 Å². The number of amides is 2. The summed E-state index contributed by atoms with van der Waals surface area (Å²) in [6.07, 6.45) is 2.56. The van der Waals surface area contributed by atoms with E-state index < -0.39 is 0 Å². The van der Waals surface area contributed by atoms with Crippen molar-refractivity contribution in [1.82, 2.24) is 15.2 Å². The second kappa shape index (κ2) is 8.48. The number of carbonyl (C=O) groups excluding carboxylic acids is 1. The van der Waals surface area contributed by atoms with Crippen molar-refractivity contribution in [3.05, 3.63) is 59.3 Å². The Morgan fingerprint density at radius 2 is 2.04 bits per heavy atom. The van der Waals surface area contributed by atoms with Crippen LogP contribution in [0.3, 0.4) is 0 Å². The number of aryl methyl sites for hydroxylation is 1. The van der Waals surface area contributed by atoms with E-state index in [4.69, 9.17) is 4.42 Å². The van der Waals surface area contributed by atoms with Crippen molar-refractivity contribution in [2.45, 2.75) is 19.9 Å². The number of hydrogen-bond donors (Lipinski definition) is 1. The van der Waals surface area contributed by atoms with Crippen LogP contribution < -0.4 is 10.2 Å². The fraction of sp³-hybridized carbons (Fsp3) is 0.333. The molecule has 2 amide bonds. The first kappa shape index (κ1) is 18.6. The molecule has 7 heteroatoms. The molecule has 1 N–H and O–H groups in total. The van der Waals surface area contributed by atoms with Crippen LogP contribution in [0.1, 0.15) is 17.7 Å². The van der Waals surface area contributed by atoms with Crippen LogP contribution in [-0.4, -0.2) is 42.1 Å². The van der Waals surface area contributed by atoms with E-state index in [1.807, 2.05) is 22.4 Å². The van der Waals surface area contributed by atoms with Crippen molar-refractivity contribution in [3.8, 4) is 10.8 Å². The van der Waals surface area contributed by atoms with Crippen LogP contribution in [0.2, 0.25) is 0 Å². The Balaban J connectivity index is 1.30. The summed E-state index contributed by atoms with van der Waals surface area (Å²) >= 11 is 1.58. The molecular weight excluding hydrogens is 372 g/mol. The fourth-order valence-electron chi connectivity index (χ4n) is 3.31. The molecule has 0 radical (unpaired) electrons. The maximum absolute atomic E-state index is 12.6. The van der Waals surface area contributed by atoms with E-state index in [2.05, 4.69) is 46.4 Å². The van der Waals surface area contributed by atoms with E-state index in [0.29, 0.717) is 19.0 Å². The smallest absolute Gasteiger partial charge is 0.317 e. The van der Waals surface area contributed by atoms with Gasteiger partial charge in [0, 0.05) is 31.9 Å². The number of carbonyl (C=O) groups is 1. The van der Waals surface area contributed by atoms with Crippen molar-refractivity contribution in [2.75, 3.05) is 31.1 Å². The highest BCUT2D eigenvalue weighted by atomic mass is 32.1. The molecule has 3 heterocycles. The molecule has 0 spiro atoms. The van der Waals surface area contributed by atoms with Crippen LogP contribution in [0.5, 0.6) is 0 Å². The molecule has 1 saturated heterocycles. The average molecular weight is 397 g/mol. The summed E-state index contributed by atoms with van der Waals surface area (Å²) in [6, 6.07) is 12.5. The molecule has 4 rings (SSSR count). The largest absolute Gasteiger partial charge is 0.443 e. The van der Waals surface area contributed by atoms with Crippen molar-refractivity contribution >= 4 is 23.1 Å². The molecule has 6 nitrogen and oxygen atoms in total. The van der Waals surface area contributed by atoms with Gasteiger partial charge >= 0.3 is 6.03 Å². The Labute approximate surface area is 168 Å². The van der Waals surface area contributed by atoms with Gasteiger partial charge in [0.15, 0.2) is 0 Å². The van der Waals surface area contributed by atoms with Gasteiger partial charge in [-0.05, 0) is 36.9 Å². The Morgan fingerprint density at radius 3 is 2.82 bits per heavy atom. The topological polar surface area (TPSA) is 61.6 Å². The Hall–Kier alpha value is -2.80. The zero-order valence-corrected chi connectivity index (χ0v) is 16.7. The second-order valence-corrected chi connectivity index (χ2v) is 7.89. The molecule has 2 aromatic heterocycles. The van der Waals surface area contributed by atoms with Gasteiger partial charge in [0.1, 0.15) is 6.26 Å². The lowest BCUT2D eigenvalue weighted by Crippen LogP contribution is -2.41. The first-order chi connectivity index (χ1) is 13.7. The van der Waals surface area contributed by atoms with Gasteiger partial charge in [-0.1, -0.05) is 23.8 Å². The van der Waals surface area contributed by atoms with E-state index in [9.17, 15) is 4.79 Å². The number of nitrogens with one attached hydrogen (secondary N) is 1. The minimum atomic E-state index is -0.0496. The summed E-state index contributed by atoms with van der Waals surface area (Å²) in [7, 11) is 0. The number of aromatic nitrogens is 1. The average Bonchev–Trinajstić information content (AvgIpc) is 3.34. The molecule has 1 fully saturated rings. The number of urea groups is 1. The van der Waals surface area contributed by atoms with E-state index in [-0.39, 0.29) is 6.03 Å². The molecular formula is C21H24N4O2S. The zero-order valence-electron chi connectivity index (χ0n) is 15.9. The third kappa shape index (κ3) is 4.36. The normalized spacial score (nSPS) is 14.8. The monoisotopic (exact) mass is 396 g/mol. The fourth-order valence-corrected chi connectivity index (χ4v) is 3.97. The number of hydrogen-bond acceptors (Lipinski definition) is 5. The molecule has 1 aliphatic rings. The lowest BCUT2D eigenvalue weighted by molar-refractivity contribution is 0.201. The van der Waals surface area contributed by atoms with Crippen LogP contribution in [0.25, 0.3) is 10.8 Å². The summed E-state index contributed by atoms with van der Waals surface area (Å²) in [4.78, 5) is 22.3. The lowest BCUT2D eigenvalue weighted by Gasteiger charge is -2.24. The van der Waals surface area contributed by atoms with Crippen LogP contribution >= 0.6 is 11.3 Å². The van der Waals surface area contributed by atoms with Crippen LogP contribution in [-0.2, 0) is 6.54 Å². The molecule has 0 saturated carbocycles. The number of thiophene rings is 1. The second-order valence-electron chi connectivity index (χ2n) is 6.94. The van der Waals surface area contributed by atoms with Crippen LogP contribution in [0.4, 0.5) is 10.5 Å². The first-order valence-electron chi connectivity index (χ1n) is 9.52. The van der Waals surface area contributed by atoms with Crippen molar-refractivity contribution in [2.24, 2.45) is 0 Å². The number of anilines is 1. The summed E-state index contributed by atoms with van der Waals surface area (Å²) in [5.41, 5.74) is 3.21. The Kier molecular flexibility index (Phi) is 5.62. The first-order valence-corrected chi connectivity index (χ1v) is 10.4. The molecule has 0 atom stereocenters. The molecule has 1 aromatic carbocycles.